The van der Waals surface area contributed by atoms with Gasteiger partial charge in [0.15, 0.2) is 5.65 Å². The van der Waals surface area contributed by atoms with E-state index in [1.807, 2.05) is 48.5 Å². The summed E-state index contributed by atoms with van der Waals surface area (Å²) in [5.74, 6) is 0.598. The number of rotatable bonds is 8. The third-order valence-corrected chi connectivity index (χ3v) is 8.52. The predicted octanol–water partition coefficient (Wildman–Crippen LogP) is 8.21. The molecule has 3 aromatic heterocycles. The fourth-order valence-corrected chi connectivity index (χ4v) is 6.32. The van der Waals surface area contributed by atoms with Gasteiger partial charge in [-0.15, -0.1) is 11.3 Å². The molecule has 4 N–H and O–H groups in total. The smallest absolute Gasteiger partial charge is 0.409 e. The van der Waals surface area contributed by atoms with Gasteiger partial charge in [0.05, 0.1) is 20.2 Å². The highest BCUT2D eigenvalue weighted by Gasteiger charge is 2.18. The summed E-state index contributed by atoms with van der Waals surface area (Å²) in [6.45, 7) is 4.16. The SMILES string of the molecule is CC(C)c1ccc2c(Nc3cc(C(=O)Nc4cccc(Br)c4)sc3Sc3ccc(NC(=O)O)cc3)ncnc2n1. The molecule has 2 amide bonds. The third kappa shape index (κ3) is 6.58. The summed E-state index contributed by atoms with van der Waals surface area (Å²) in [5, 5.41) is 18.4. The molecule has 12 heteroatoms. The van der Waals surface area contributed by atoms with Crippen molar-refractivity contribution in [3.63, 3.8) is 0 Å². The number of benzene rings is 2. The molecule has 0 bridgehead atoms. The van der Waals surface area contributed by atoms with Gasteiger partial charge in [0.1, 0.15) is 12.1 Å². The molecule has 0 saturated heterocycles. The van der Waals surface area contributed by atoms with E-state index in [2.05, 4.69) is 60.7 Å². The van der Waals surface area contributed by atoms with Crippen LogP contribution in [-0.2, 0) is 0 Å². The molecule has 0 fully saturated rings. The summed E-state index contributed by atoms with van der Waals surface area (Å²) < 4.78 is 1.69. The molecule has 5 aromatic rings. The number of halogens is 1. The zero-order valence-electron chi connectivity index (χ0n) is 21.3. The van der Waals surface area contributed by atoms with E-state index >= 15 is 0 Å². The van der Waals surface area contributed by atoms with Gasteiger partial charge in [-0.1, -0.05) is 47.6 Å². The number of anilines is 4. The second-order valence-electron chi connectivity index (χ2n) is 8.94. The maximum atomic E-state index is 13.2. The van der Waals surface area contributed by atoms with Crippen LogP contribution in [0.1, 0.15) is 35.1 Å². The highest BCUT2D eigenvalue weighted by Crippen LogP contribution is 2.42. The number of carbonyl (C=O) groups is 2. The molecule has 2 aromatic carbocycles. The average Bonchev–Trinajstić information content (AvgIpc) is 3.31. The van der Waals surface area contributed by atoms with Gasteiger partial charge in [-0.3, -0.25) is 10.1 Å². The monoisotopic (exact) mass is 634 g/mol. The zero-order valence-corrected chi connectivity index (χ0v) is 24.5. The minimum Gasteiger partial charge on any atom is -0.465 e. The van der Waals surface area contributed by atoms with Crippen molar-refractivity contribution in [1.29, 1.82) is 0 Å². The van der Waals surface area contributed by atoms with Crippen LogP contribution in [0.5, 0.6) is 0 Å². The van der Waals surface area contributed by atoms with Crippen molar-refractivity contribution in [1.82, 2.24) is 15.0 Å². The lowest BCUT2D eigenvalue weighted by molar-refractivity contribution is 0.103. The van der Waals surface area contributed by atoms with Crippen LogP contribution in [0, 0.1) is 0 Å². The second-order valence-corrected chi connectivity index (χ2v) is 12.3. The number of nitrogens with one attached hydrogen (secondary N) is 3. The van der Waals surface area contributed by atoms with Crippen LogP contribution in [0.2, 0.25) is 0 Å². The second kappa shape index (κ2) is 12.0. The van der Waals surface area contributed by atoms with Gasteiger partial charge in [0.25, 0.3) is 5.91 Å². The van der Waals surface area contributed by atoms with Gasteiger partial charge in [-0.05, 0) is 66.6 Å². The first-order valence-electron chi connectivity index (χ1n) is 12.1. The maximum Gasteiger partial charge on any atom is 0.409 e. The van der Waals surface area contributed by atoms with Crippen LogP contribution in [0.3, 0.4) is 0 Å². The average molecular weight is 636 g/mol. The van der Waals surface area contributed by atoms with E-state index in [0.717, 1.165) is 24.7 Å². The standard InChI is InChI=1S/C28H23BrN6O3S2/c1-15(2)21-11-10-20-24(34-21)30-14-31-25(20)35-22-13-23(26(36)32-18-5-3-4-16(29)12-18)40-27(22)39-19-8-6-17(7-9-19)33-28(37)38/h3-15,33H,1-2H3,(H,32,36)(H,37,38)(H,30,31,34,35). The molecule has 9 nitrogen and oxygen atoms in total. The van der Waals surface area contributed by atoms with E-state index in [1.54, 1.807) is 18.2 Å². The first kappa shape index (κ1) is 27.6. The summed E-state index contributed by atoms with van der Waals surface area (Å²) in [6.07, 6.45) is 0.342. The van der Waals surface area contributed by atoms with Crippen LogP contribution in [0.15, 0.2) is 86.6 Å². The Labute approximate surface area is 246 Å². The lowest BCUT2D eigenvalue weighted by atomic mass is 10.1. The highest BCUT2D eigenvalue weighted by atomic mass is 79.9. The van der Waals surface area contributed by atoms with Crippen molar-refractivity contribution in [2.45, 2.75) is 28.9 Å². The van der Waals surface area contributed by atoms with Crippen LogP contribution in [-0.4, -0.2) is 32.1 Å². The fourth-order valence-electron chi connectivity index (χ4n) is 3.75. The molecule has 5 rings (SSSR count). The molecule has 0 spiro atoms. The normalized spacial score (nSPS) is 11.0. The zero-order chi connectivity index (χ0) is 28.2. The molecule has 0 unspecified atom stereocenters. The number of nitrogens with zero attached hydrogens (tertiary/aromatic N) is 3. The first-order chi connectivity index (χ1) is 19.2. The quantitative estimate of drug-likeness (QED) is 0.134. The summed E-state index contributed by atoms with van der Waals surface area (Å²) >= 11 is 6.23. The Morgan fingerprint density at radius 3 is 2.50 bits per heavy atom. The van der Waals surface area contributed by atoms with E-state index in [1.165, 1.54) is 29.4 Å². The minimum absolute atomic E-state index is 0.241. The van der Waals surface area contributed by atoms with Gasteiger partial charge >= 0.3 is 6.09 Å². The van der Waals surface area contributed by atoms with E-state index in [-0.39, 0.29) is 11.8 Å². The summed E-state index contributed by atoms with van der Waals surface area (Å²) in [7, 11) is 0. The van der Waals surface area contributed by atoms with Crippen molar-refractivity contribution < 1.29 is 14.7 Å². The number of hydrogen-bond acceptors (Lipinski definition) is 8. The summed E-state index contributed by atoms with van der Waals surface area (Å²) in [6, 6.07) is 20.1. The number of amides is 2. The number of hydrogen-bond donors (Lipinski definition) is 4. The molecule has 0 aliphatic carbocycles. The number of fused-ring (bicyclic) bond motifs is 1. The molecule has 40 heavy (non-hydrogen) atoms. The van der Waals surface area contributed by atoms with Crippen LogP contribution < -0.4 is 16.0 Å². The van der Waals surface area contributed by atoms with Gasteiger partial charge in [0.2, 0.25) is 0 Å². The number of aromatic nitrogens is 3. The van der Waals surface area contributed by atoms with Crippen molar-refractivity contribution in [3.05, 3.63) is 88.1 Å². The Hall–Kier alpha value is -4.00. The minimum atomic E-state index is -1.13. The lowest BCUT2D eigenvalue weighted by Crippen LogP contribution is -2.09. The van der Waals surface area contributed by atoms with Crippen LogP contribution >= 0.6 is 39.0 Å². The molecule has 0 atom stereocenters. The first-order valence-corrected chi connectivity index (χ1v) is 14.5. The highest BCUT2D eigenvalue weighted by molar-refractivity contribution is 9.10. The van der Waals surface area contributed by atoms with Gasteiger partial charge in [-0.2, -0.15) is 0 Å². The lowest BCUT2D eigenvalue weighted by Gasteiger charge is -2.10. The van der Waals surface area contributed by atoms with Crippen LogP contribution in [0.4, 0.5) is 27.7 Å². The Balaban J connectivity index is 1.48. The molecule has 0 radical (unpaired) electrons. The van der Waals surface area contributed by atoms with Crippen LogP contribution in [0.25, 0.3) is 11.0 Å². The topological polar surface area (TPSA) is 129 Å². The van der Waals surface area contributed by atoms with Gasteiger partial charge < -0.3 is 15.7 Å². The number of pyridine rings is 1. The predicted molar refractivity (Wildman–Crippen MR) is 163 cm³/mol. The van der Waals surface area contributed by atoms with Gasteiger partial charge in [-0.25, -0.2) is 19.7 Å². The largest absolute Gasteiger partial charge is 0.465 e. The Morgan fingerprint density at radius 2 is 1.77 bits per heavy atom. The van der Waals surface area contributed by atoms with E-state index < -0.39 is 6.09 Å². The molecule has 0 aliphatic rings. The van der Waals surface area contributed by atoms with Crippen molar-refractivity contribution in [3.8, 4) is 0 Å². The van der Waals surface area contributed by atoms with Crippen molar-refractivity contribution in [2.24, 2.45) is 0 Å². The van der Waals surface area contributed by atoms with Crippen molar-refractivity contribution >= 4 is 84.9 Å². The Morgan fingerprint density at radius 1 is 0.975 bits per heavy atom. The van der Waals surface area contributed by atoms with E-state index in [0.29, 0.717) is 33.4 Å². The number of thiophene rings is 1. The Kier molecular flexibility index (Phi) is 8.29. The molecule has 202 valence electrons. The fraction of sp³-hybridized carbons (Fsp3) is 0.107. The molecule has 0 saturated carbocycles. The van der Waals surface area contributed by atoms with E-state index in [9.17, 15) is 9.59 Å². The van der Waals surface area contributed by atoms with Gasteiger partial charge in [0, 0.05) is 26.4 Å². The van der Waals surface area contributed by atoms with Crippen molar-refractivity contribution in [2.75, 3.05) is 16.0 Å². The molecular weight excluding hydrogens is 612 g/mol. The maximum absolute atomic E-state index is 13.2. The number of carbonyl (C=O) groups excluding carboxylic acids is 1. The molecular formula is C28H23BrN6O3S2. The molecule has 0 aliphatic heterocycles. The summed E-state index contributed by atoms with van der Waals surface area (Å²) in [4.78, 5) is 39.0. The summed E-state index contributed by atoms with van der Waals surface area (Å²) in [5.41, 5.74) is 3.37. The van der Waals surface area contributed by atoms with E-state index in [4.69, 9.17) is 5.11 Å². The number of carboxylic acid groups (broad SMARTS) is 1. The third-order valence-electron chi connectivity index (χ3n) is 5.68. The Bertz CT molecular complexity index is 1710. The molecule has 3 heterocycles.